The molecule has 1 aliphatic rings. The molecule has 0 aliphatic carbocycles. The average Bonchev–Trinajstić information content (AvgIpc) is 3.04. The van der Waals surface area contributed by atoms with Crippen LogP contribution in [0.25, 0.3) is 0 Å². The molecule has 1 aromatic carbocycles. The zero-order valence-electron chi connectivity index (χ0n) is 12.9. The first-order chi connectivity index (χ1) is 11.2. The van der Waals surface area contributed by atoms with Gasteiger partial charge >= 0.3 is 0 Å². The molecule has 1 N–H and O–H groups in total. The average molecular weight is 425 g/mol. The normalized spacial score (nSPS) is 16.4. The molecular weight excluding hydrogens is 405 g/mol. The number of carbonyl (C=O) groups is 1. The van der Waals surface area contributed by atoms with Gasteiger partial charge in [0, 0.05) is 35.4 Å². The van der Waals surface area contributed by atoms with Crippen molar-refractivity contribution >= 4 is 34.2 Å². The molecule has 2 heterocycles. The molecule has 2 aromatic rings. The predicted octanol–water partition coefficient (Wildman–Crippen LogP) is 2.64. The van der Waals surface area contributed by atoms with Crippen molar-refractivity contribution in [2.24, 2.45) is 0 Å². The fourth-order valence-corrected chi connectivity index (χ4v) is 3.02. The van der Waals surface area contributed by atoms with Crippen LogP contribution in [-0.4, -0.2) is 48.4 Å². The number of hydrogen-bond donors (Lipinski definition) is 1. The van der Waals surface area contributed by atoms with Crippen LogP contribution in [0.1, 0.15) is 5.76 Å². The number of benzene rings is 1. The molecule has 3 rings (SSSR count). The van der Waals surface area contributed by atoms with Gasteiger partial charge in [0.05, 0.1) is 19.4 Å². The number of halogens is 1. The van der Waals surface area contributed by atoms with Crippen molar-refractivity contribution in [3.63, 3.8) is 0 Å². The van der Waals surface area contributed by atoms with Crippen molar-refractivity contribution in [1.29, 1.82) is 0 Å². The van der Waals surface area contributed by atoms with Crippen molar-refractivity contribution < 1.29 is 9.21 Å². The van der Waals surface area contributed by atoms with Gasteiger partial charge in [0.15, 0.2) is 0 Å². The zero-order chi connectivity index (χ0) is 16.1. The van der Waals surface area contributed by atoms with Crippen LogP contribution in [0.3, 0.4) is 0 Å². The summed E-state index contributed by atoms with van der Waals surface area (Å²) in [7, 11) is 0. The van der Waals surface area contributed by atoms with Crippen LogP contribution in [0.4, 0.5) is 5.69 Å². The van der Waals surface area contributed by atoms with Gasteiger partial charge in [-0.3, -0.25) is 14.6 Å². The van der Waals surface area contributed by atoms with E-state index in [9.17, 15) is 4.79 Å². The van der Waals surface area contributed by atoms with Crippen molar-refractivity contribution in [3.8, 4) is 0 Å². The van der Waals surface area contributed by atoms with Gasteiger partial charge in [-0.05, 0) is 59.0 Å². The Morgan fingerprint density at radius 3 is 2.43 bits per heavy atom. The Hall–Kier alpha value is -1.38. The van der Waals surface area contributed by atoms with E-state index in [1.807, 2.05) is 36.4 Å². The summed E-state index contributed by atoms with van der Waals surface area (Å²) in [5, 5.41) is 2.95. The van der Waals surface area contributed by atoms with E-state index in [2.05, 4.69) is 37.7 Å². The predicted molar refractivity (Wildman–Crippen MR) is 98.2 cm³/mol. The summed E-state index contributed by atoms with van der Waals surface area (Å²) in [5.74, 6) is 1.04. The number of amides is 1. The van der Waals surface area contributed by atoms with Crippen molar-refractivity contribution in [1.82, 2.24) is 9.80 Å². The Bertz CT molecular complexity index is 620. The summed E-state index contributed by atoms with van der Waals surface area (Å²) < 4.78 is 6.54. The number of nitrogens with zero attached hydrogens (tertiary/aromatic N) is 2. The molecule has 1 fully saturated rings. The monoisotopic (exact) mass is 425 g/mol. The summed E-state index contributed by atoms with van der Waals surface area (Å²) >= 11 is 2.25. The zero-order valence-corrected chi connectivity index (χ0v) is 15.0. The molecule has 0 atom stereocenters. The Kier molecular flexibility index (Phi) is 5.69. The maximum absolute atomic E-state index is 12.1. The van der Waals surface area contributed by atoms with Crippen molar-refractivity contribution in [2.75, 3.05) is 38.0 Å². The van der Waals surface area contributed by atoms with E-state index >= 15 is 0 Å². The number of rotatable bonds is 5. The molecule has 122 valence electrons. The second-order valence-electron chi connectivity index (χ2n) is 5.69. The van der Waals surface area contributed by atoms with E-state index in [1.54, 1.807) is 6.26 Å². The van der Waals surface area contributed by atoms with Crippen LogP contribution in [0, 0.1) is 3.57 Å². The third-order valence-electron chi connectivity index (χ3n) is 3.92. The highest BCUT2D eigenvalue weighted by molar-refractivity contribution is 14.1. The van der Waals surface area contributed by atoms with Gasteiger partial charge in [-0.25, -0.2) is 0 Å². The van der Waals surface area contributed by atoms with Gasteiger partial charge in [0.25, 0.3) is 0 Å². The molecule has 0 spiro atoms. The van der Waals surface area contributed by atoms with Crippen LogP contribution in [-0.2, 0) is 11.3 Å². The standard InChI is InChI=1S/C17H20IN3O2/c18-14-3-5-15(6-4-14)19-17(22)13-21-9-7-20(8-10-21)12-16-2-1-11-23-16/h1-6,11H,7-10,12-13H2,(H,19,22). The van der Waals surface area contributed by atoms with Crippen molar-refractivity contribution in [3.05, 3.63) is 52.0 Å². The number of piperazine rings is 1. The van der Waals surface area contributed by atoms with Gasteiger partial charge in [0.2, 0.25) is 5.91 Å². The largest absolute Gasteiger partial charge is 0.468 e. The van der Waals surface area contributed by atoms with Crippen molar-refractivity contribution in [2.45, 2.75) is 6.54 Å². The first-order valence-electron chi connectivity index (χ1n) is 7.71. The molecule has 1 aliphatic heterocycles. The molecule has 0 bridgehead atoms. The maximum atomic E-state index is 12.1. The van der Waals surface area contributed by atoms with E-state index in [0.29, 0.717) is 6.54 Å². The minimum atomic E-state index is 0.0469. The molecule has 0 unspecified atom stereocenters. The summed E-state index contributed by atoms with van der Waals surface area (Å²) in [6.07, 6.45) is 1.71. The first-order valence-corrected chi connectivity index (χ1v) is 8.79. The Morgan fingerprint density at radius 2 is 1.78 bits per heavy atom. The lowest BCUT2D eigenvalue weighted by atomic mass is 10.3. The SMILES string of the molecule is O=C(CN1CCN(Cc2ccco2)CC1)Nc1ccc(I)cc1. The van der Waals surface area contributed by atoms with E-state index < -0.39 is 0 Å². The summed E-state index contributed by atoms with van der Waals surface area (Å²) in [5.41, 5.74) is 0.854. The number of hydrogen-bond acceptors (Lipinski definition) is 4. The molecule has 23 heavy (non-hydrogen) atoms. The lowest BCUT2D eigenvalue weighted by molar-refractivity contribution is -0.117. The number of carbonyl (C=O) groups excluding carboxylic acids is 1. The van der Waals surface area contributed by atoms with E-state index in [4.69, 9.17) is 4.42 Å². The lowest BCUT2D eigenvalue weighted by Crippen LogP contribution is -2.48. The Morgan fingerprint density at radius 1 is 1.09 bits per heavy atom. The van der Waals surface area contributed by atoms with Gasteiger partial charge in [-0.2, -0.15) is 0 Å². The molecular formula is C17H20IN3O2. The molecule has 1 saturated heterocycles. The van der Waals surface area contributed by atoms with Gasteiger partial charge < -0.3 is 9.73 Å². The highest BCUT2D eigenvalue weighted by Crippen LogP contribution is 2.12. The quantitative estimate of drug-likeness (QED) is 0.749. The van der Waals surface area contributed by atoms with Gasteiger partial charge in [-0.1, -0.05) is 0 Å². The van der Waals surface area contributed by atoms with Crippen LogP contribution < -0.4 is 5.32 Å². The third kappa shape index (κ3) is 5.05. The van der Waals surface area contributed by atoms with E-state index in [1.165, 1.54) is 0 Å². The minimum absolute atomic E-state index is 0.0469. The molecule has 1 aromatic heterocycles. The van der Waals surface area contributed by atoms with Crippen LogP contribution in [0.15, 0.2) is 47.1 Å². The second-order valence-corrected chi connectivity index (χ2v) is 6.93. The fourth-order valence-electron chi connectivity index (χ4n) is 2.67. The second kappa shape index (κ2) is 7.94. The number of nitrogens with one attached hydrogen (secondary N) is 1. The maximum Gasteiger partial charge on any atom is 0.238 e. The summed E-state index contributed by atoms with van der Waals surface area (Å²) in [6, 6.07) is 11.8. The van der Waals surface area contributed by atoms with Crippen LogP contribution >= 0.6 is 22.6 Å². The number of furan rings is 1. The van der Waals surface area contributed by atoms with E-state index in [0.717, 1.165) is 47.7 Å². The number of anilines is 1. The minimum Gasteiger partial charge on any atom is -0.468 e. The third-order valence-corrected chi connectivity index (χ3v) is 4.64. The van der Waals surface area contributed by atoms with Crippen LogP contribution in [0.2, 0.25) is 0 Å². The lowest BCUT2D eigenvalue weighted by Gasteiger charge is -2.33. The first kappa shape index (κ1) is 16.5. The molecule has 5 nitrogen and oxygen atoms in total. The van der Waals surface area contributed by atoms with Gasteiger partial charge in [0.1, 0.15) is 5.76 Å². The molecule has 0 saturated carbocycles. The topological polar surface area (TPSA) is 48.7 Å². The Balaban J connectivity index is 1.41. The highest BCUT2D eigenvalue weighted by atomic mass is 127. The van der Waals surface area contributed by atoms with Gasteiger partial charge in [-0.15, -0.1) is 0 Å². The molecule has 1 amide bonds. The smallest absolute Gasteiger partial charge is 0.238 e. The molecule has 0 radical (unpaired) electrons. The summed E-state index contributed by atoms with van der Waals surface area (Å²) in [4.78, 5) is 16.7. The summed E-state index contributed by atoms with van der Waals surface area (Å²) in [6.45, 7) is 5.01. The molecule has 6 heteroatoms. The highest BCUT2D eigenvalue weighted by Gasteiger charge is 2.19. The van der Waals surface area contributed by atoms with Crippen LogP contribution in [0.5, 0.6) is 0 Å². The fraction of sp³-hybridized carbons (Fsp3) is 0.353. The Labute approximate surface area is 149 Å². The van der Waals surface area contributed by atoms with E-state index in [-0.39, 0.29) is 5.91 Å².